The van der Waals surface area contributed by atoms with Crippen LogP contribution in [0.2, 0.25) is 0 Å². The van der Waals surface area contributed by atoms with Crippen LogP contribution in [0.15, 0.2) is 59.6 Å². The van der Waals surface area contributed by atoms with E-state index < -0.39 is 0 Å². The van der Waals surface area contributed by atoms with Crippen molar-refractivity contribution in [3.05, 3.63) is 65.7 Å². The Morgan fingerprint density at radius 1 is 0.941 bits per heavy atom. The van der Waals surface area contributed by atoms with Crippen molar-refractivity contribution in [3.63, 3.8) is 0 Å². The average molecular weight is 225 g/mol. The highest BCUT2D eigenvalue weighted by molar-refractivity contribution is 5.55. The Labute approximate surface area is 102 Å². The molecule has 0 unspecified atom stereocenters. The third-order valence-corrected chi connectivity index (χ3v) is 2.49. The Bertz CT molecular complexity index is 474. The Balaban J connectivity index is 2.06. The van der Waals surface area contributed by atoms with E-state index in [1.54, 1.807) is 7.11 Å². The van der Waals surface area contributed by atoms with Crippen molar-refractivity contribution in [2.75, 3.05) is 7.11 Å². The summed E-state index contributed by atoms with van der Waals surface area (Å²) in [5.41, 5.74) is 3.51. The average Bonchev–Trinajstić information content (AvgIpc) is 2.39. The molecule has 0 fully saturated rings. The summed E-state index contributed by atoms with van der Waals surface area (Å²) in [6.45, 7) is 0. The van der Waals surface area contributed by atoms with Crippen LogP contribution in [0.3, 0.4) is 0 Å². The monoisotopic (exact) mass is 225 g/mol. The summed E-state index contributed by atoms with van der Waals surface area (Å²) in [6, 6.07) is 18.6. The molecule has 17 heavy (non-hydrogen) atoms. The minimum absolute atomic E-state index is 0.906. The summed E-state index contributed by atoms with van der Waals surface area (Å²) in [7, 11) is 1.59. The Morgan fingerprint density at radius 2 is 1.59 bits per heavy atom. The highest BCUT2D eigenvalue weighted by atomic mass is 16.5. The van der Waals surface area contributed by atoms with Gasteiger partial charge in [-0.1, -0.05) is 42.5 Å². The van der Waals surface area contributed by atoms with Gasteiger partial charge >= 0.3 is 0 Å². The molecule has 86 valence electrons. The molecule has 0 radical (unpaired) electrons. The highest BCUT2D eigenvalue weighted by Gasteiger charge is 1.95. The Hall–Kier alpha value is -2.09. The van der Waals surface area contributed by atoms with Crippen LogP contribution in [0.5, 0.6) is 0 Å². The van der Waals surface area contributed by atoms with E-state index in [4.69, 9.17) is 4.74 Å². The lowest BCUT2D eigenvalue weighted by Gasteiger charge is -2.02. The van der Waals surface area contributed by atoms with Gasteiger partial charge in [-0.25, -0.2) is 4.99 Å². The minimum Gasteiger partial charge on any atom is -0.486 e. The predicted octanol–water partition coefficient (Wildman–Crippen LogP) is 3.58. The smallest absolute Gasteiger partial charge is 0.174 e. The molecule has 0 aliphatic rings. The fourth-order valence-electron chi connectivity index (χ4n) is 1.64. The molecule has 0 saturated carbocycles. The quantitative estimate of drug-likeness (QED) is 0.575. The standard InChI is InChI=1S/C15H15NO/c1-17-12-16-15-9-7-14(8-10-15)11-13-5-3-2-4-6-13/h2-10,12H,11H2,1H3. The minimum atomic E-state index is 0.906. The van der Waals surface area contributed by atoms with E-state index in [9.17, 15) is 0 Å². The largest absolute Gasteiger partial charge is 0.486 e. The Kier molecular flexibility index (Phi) is 3.92. The molecular formula is C15H15NO. The zero-order valence-corrected chi connectivity index (χ0v) is 9.84. The van der Waals surface area contributed by atoms with E-state index in [1.807, 2.05) is 18.2 Å². The van der Waals surface area contributed by atoms with Crippen LogP contribution in [0.25, 0.3) is 0 Å². The van der Waals surface area contributed by atoms with Gasteiger partial charge in [0.15, 0.2) is 6.40 Å². The number of aliphatic imine (C=N–C) groups is 1. The van der Waals surface area contributed by atoms with Crippen molar-refractivity contribution in [2.45, 2.75) is 6.42 Å². The van der Waals surface area contributed by atoms with Gasteiger partial charge in [0.25, 0.3) is 0 Å². The molecule has 0 heterocycles. The van der Waals surface area contributed by atoms with Gasteiger partial charge in [0.05, 0.1) is 12.8 Å². The van der Waals surface area contributed by atoms with Crippen LogP contribution < -0.4 is 0 Å². The van der Waals surface area contributed by atoms with E-state index in [-0.39, 0.29) is 0 Å². The summed E-state index contributed by atoms with van der Waals surface area (Å²) in [5.74, 6) is 0. The van der Waals surface area contributed by atoms with Gasteiger partial charge < -0.3 is 4.74 Å². The molecule has 0 aromatic heterocycles. The normalized spacial score (nSPS) is 10.6. The van der Waals surface area contributed by atoms with Crippen LogP contribution in [-0.4, -0.2) is 13.5 Å². The predicted molar refractivity (Wildman–Crippen MR) is 70.9 cm³/mol. The molecule has 0 amide bonds. The molecule has 0 atom stereocenters. The molecule has 0 saturated heterocycles. The first-order valence-corrected chi connectivity index (χ1v) is 5.56. The number of rotatable bonds is 4. The molecule has 2 aromatic carbocycles. The maximum atomic E-state index is 4.78. The fourth-order valence-corrected chi connectivity index (χ4v) is 1.64. The first-order valence-electron chi connectivity index (χ1n) is 5.56. The third-order valence-electron chi connectivity index (χ3n) is 2.49. The molecular weight excluding hydrogens is 210 g/mol. The third kappa shape index (κ3) is 3.45. The second-order valence-electron chi connectivity index (χ2n) is 3.80. The lowest BCUT2D eigenvalue weighted by molar-refractivity contribution is 0.423. The van der Waals surface area contributed by atoms with Gasteiger partial charge in [0, 0.05) is 0 Å². The number of hydrogen-bond acceptors (Lipinski definition) is 2. The number of ether oxygens (including phenoxy) is 1. The van der Waals surface area contributed by atoms with Crippen LogP contribution >= 0.6 is 0 Å². The number of hydrogen-bond donors (Lipinski definition) is 0. The van der Waals surface area contributed by atoms with Gasteiger partial charge in [-0.2, -0.15) is 0 Å². The molecule has 0 aliphatic heterocycles. The van der Waals surface area contributed by atoms with Gasteiger partial charge in [0.2, 0.25) is 0 Å². The van der Waals surface area contributed by atoms with Crippen molar-refractivity contribution < 1.29 is 4.74 Å². The van der Waals surface area contributed by atoms with Gasteiger partial charge in [-0.15, -0.1) is 0 Å². The van der Waals surface area contributed by atoms with Crippen LogP contribution in [-0.2, 0) is 11.2 Å². The number of benzene rings is 2. The summed E-state index contributed by atoms with van der Waals surface area (Å²) < 4.78 is 4.78. The molecule has 2 rings (SSSR count). The molecule has 0 bridgehead atoms. The highest BCUT2D eigenvalue weighted by Crippen LogP contribution is 2.15. The SMILES string of the molecule is COC=Nc1ccc(Cc2ccccc2)cc1. The maximum Gasteiger partial charge on any atom is 0.174 e. The van der Waals surface area contributed by atoms with Crippen molar-refractivity contribution in [1.82, 2.24) is 0 Å². The fraction of sp³-hybridized carbons (Fsp3) is 0.133. The van der Waals surface area contributed by atoms with E-state index in [1.165, 1.54) is 17.5 Å². The molecule has 0 N–H and O–H groups in total. The zero-order chi connectivity index (χ0) is 11.9. The summed E-state index contributed by atoms with van der Waals surface area (Å²) >= 11 is 0. The molecule has 2 aromatic rings. The molecule has 2 heteroatoms. The van der Waals surface area contributed by atoms with E-state index >= 15 is 0 Å². The Morgan fingerprint density at radius 3 is 2.24 bits per heavy atom. The second kappa shape index (κ2) is 5.85. The summed E-state index contributed by atoms with van der Waals surface area (Å²) in [4.78, 5) is 4.13. The van der Waals surface area contributed by atoms with E-state index in [0.29, 0.717) is 0 Å². The van der Waals surface area contributed by atoms with E-state index in [2.05, 4.69) is 41.4 Å². The van der Waals surface area contributed by atoms with Crippen molar-refractivity contribution in [2.24, 2.45) is 4.99 Å². The lowest BCUT2D eigenvalue weighted by atomic mass is 10.1. The van der Waals surface area contributed by atoms with E-state index in [0.717, 1.165) is 12.1 Å². The van der Waals surface area contributed by atoms with Crippen molar-refractivity contribution in [3.8, 4) is 0 Å². The second-order valence-corrected chi connectivity index (χ2v) is 3.80. The van der Waals surface area contributed by atoms with Crippen molar-refractivity contribution >= 4 is 12.1 Å². The van der Waals surface area contributed by atoms with Gasteiger partial charge in [-0.05, 0) is 29.7 Å². The maximum absolute atomic E-state index is 4.78. The molecule has 0 aliphatic carbocycles. The molecule has 2 nitrogen and oxygen atoms in total. The van der Waals surface area contributed by atoms with Crippen LogP contribution in [0.1, 0.15) is 11.1 Å². The van der Waals surface area contributed by atoms with Crippen molar-refractivity contribution in [1.29, 1.82) is 0 Å². The van der Waals surface area contributed by atoms with Crippen LogP contribution in [0, 0.1) is 0 Å². The van der Waals surface area contributed by atoms with Crippen LogP contribution in [0.4, 0.5) is 5.69 Å². The lowest BCUT2D eigenvalue weighted by Crippen LogP contribution is -1.86. The molecule has 0 spiro atoms. The first-order chi connectivity index (χ1) is 8.38. The first kappa shape index (κ1) is 11.4. The summed E-state index contributed by atoms with van der Waals surface area (Å²) in [6.07, 6.45) is 2.39. The topological polar surface area (TPSA) is 21.6 Å². The van der Waals surface area contributed by atoms with Gasteiger partial charge in [-0.3, -0.25) is 0 Å². The van der Waals surface area contributed by atoms with Gasteiger partial charge in [0.1, 0.15) is 0 Å². The summed E-state index contributed by atoms with van der Waals surface area (Å²) in [5, 5.41) is 0. The number of nitrogens with zero attached hydrogens (tertiary/aromatic N) is 1. The zero-order valence-electron chi connectivity index (χ0n) is 9.84. The number of methoxy groups -OCH3 is 1.